The molecule has 2 N–H and O–H groups in total. The first-order chi connectivity index (χ1) is 9.13. The Bertz CT molecular complexity index is 571. The van der Waals surface area contributed by atoms with E-state index in [1.165, 1.54) is 0 Å². The average molecular weight is 259 g/mol. The zero-order valence-electron chi connectivity index (χ0n) is 11.3. The number of nitrogens with zero attached hydrogens (tertiary/aromatic N) is 1. The molecular formula is C14H17N3O2. The second kappa shape index (κ2) is 5.56. The third-order valence-electron chi connectivity index (χ3n) is 2.99. The number of methoxy groups -OCH3 is 1. The SMILES string of the molecule is COc1ccccc1CNC(=O)c1c(C)n[nH]c1C. The largest absolute Gasteiger partial charge is 0.496 e. The average Bonchev–Trinajstić information content (AvgIpc) is 2.76. The third-order valence-corrected chi connectivity index (χ3v) is 2.99. The molecule has 1 aromatic heterocycles. The maximum Gasteiger partial charge on any atom is 0.255 e. The molecule has 0 spiro atoms. The Balaban J connectivity index is 2.09. The fraction of sp³-hybridized carbons (Fsp3) is 0.286. The normalized spacial score (nSPS) is 10.3. The minimum atomic E-state index is -0.130. The molecule has 0 bridgehead atoms. The van der Waals surface area contributed by atoms with Gasteiger partial charge in [0.05, 0.1) is 18.4 Å². The second-order valence-electron chi connectivity index (χ2n) is 4.30. The van der Waals surface area contributed by atoms with E-state index in [1.54, 1.807) is 7.11 Å². The van der Waals surface area contributed by atoms with Gasteiger partial charge in [0.1, 0.15) is 5.75 Å². The van der Waals surface area contributed by atoms with E-state index in [9.17, 15) is 4.79 Å². The van der Waals surface area contributed by atoms with Gasteiger partial charge in [-0.1, -0.05) is 18.2 Å². The Morgan fingerprint density at radius 3 is 2.74 bits per heavy atom. The van der Waals surface area contributed by atoms with Crippen LogP contribution >= 0.6 is 0 Å². The first kappa shape index (κ1) is 13.1. The summed E-state index contributed by atoms with van der Waals surface area (Å²) in [5.41, 5.74) is 3.03. The lowest BCUT2D eigenvalue weighted by Crippen LogP contribution is -2.24. The maximum atomic E-state index is 12.1. The number of ether oxygens (including phenoxy) is 1. The van der Waals surface area contributed by atoms with Gasteiger partial charge in [-0.3, -0.25) is 9.89 Å². The molecule has 5 nitrogen and oxygen atoms in total. The first-order valence-electron chi connectivity index (χ1n) is 6.05. The van der Waals surface area contributed by atoms with Crippen LogP contribution in [0.2, 0.25) is 0 Å². The van der Waals surface area contributed by atoms with Crippen LogP contribution in [0.4, 0.5) is 0 Å². The van der Waals surface area contributed by atoms with Gasteiger partial charge in [0.2, 0.25) is 0 Å². The number of para-hydroxylation sites is 1. The third kappa shape index (κ3) is 2.76. The van der Waals surface area contributed by atoms with E-state index in [4.69, 9.17) is 4.74 Å². The van der Waals surface area contributed by atoms with Gasteiger partial charge in [-0.15, -0.1) is 0 Å². The molecule has 0 aliphatic carbocycles. The van der Waals surface area contributed by atoms with Gasteiger partial charge in [-0.25, -0.2) is 0 Å². The number of hydrogen-bond acceptors (Lipinski definition) is 3. The van der Waals surface area contributed by atoms with E-state index >= 15 is 0 Å². The van der Waals surface area contributed by atoms with Crippen molar-refractivity contribution in [1.82, 2.24) is 15.5 Å². The molecule has 2 rings (SSSR count). The van der Waals surface area contributed by atoms with Crippen LogP contribution in [0.15, 0.2) is 24.3 Å². The quantitative estimate of drug-likeness (QED) is 0.882. The van der Waals surface area contributed by atoms with Crippen molar-refractivity contribution < 1.29 is 9.53 Å². The highest BCUT2D eigenvalue weighted by molar-refractivity contribution is 5.96. The Kier molecular flexibility index (Phi) is 3.85. The van der Waals surface area contributed by atoms with E-state index in [0.29, 0.717) is 17.8 Å². The smallest absolute Gasteiger partial charge is 0.255 e. The van der Waals surface area contributed by atoms with Gasteiger partial charge >= 0.3 is 0 Å². The molecule has 0 unspecified atom stereocenters. The van der Waals surface area contributed by atoms with Gasteiger partial charge < -0.3 is 10.1 Å². The summed E-state index contributed by atoms with van der Waals surface area (Å²) in [6.45, 7) is 4.06. The molecule has 0 saturated heterocycles. The van der Waals surface area contributed by atoms with Crippen LogP contribution in [0.25, 0.3) is 0 Å². The Morgan fingerprint density at radius 2 is 2.11 bits per heavy atom. The van der Waals surface area contributed by atoms with Crippen molar-refractivity contribution >= 4 is 5.91 Å². The van der Waals surface area contributed by atoms with E-state index in [0.717, 1.165) is 17.0 Å². The standard InChI is InChI=1S/C14H17N3O2/c1-9-13(10(2)17-16-9)14(18)15-8-11-6-4-5-7-12(11)19-3/h4-7H,8H2,1-3H3,(H,15,18)(H,16,17). The first-order valence-corrected chi connectivity index (χ1v) is 6.05. The van der Waals surface area contributed by atoms with Gasteiger partial charge in [0, 0.05) is 17.8 Å². The Morgan fingerprint density at radius 1 is 1.37 bits per heavy atom. The van der Waals surface area contributed by atoms with Crippen LogP contribution in [-0.4, -0.2) is 23.2 Å². The Hall–Kier alpha value is -2.30. The predicted molar refractivity (Wildman–Crippen MR) is 72.2 cm³/mol. The van der Waals surface area contributed by atoms with Gasteiger partial charge in [-0.2, -0.15) is 5.10 Å². The van der Waals surface area contributed by atoms with Gasteiger partial charge in [0.25, 0.3) is 5.91 Å². The van der Waals surface area contributed by atoms with Crippen molar-refractivity contribution in [1.29, 1.82) is 0 Å². The van der Waals surface area contributed by atoms with Crippen molar-refractivity contribution in [2.75, 3.05) is 7.11 Å². The van der Waals surface area contributed by atoms with E-state index in [-0.39, 0.29) is 5.91 Å². The Labute approximate surface area is 112 Å². The molecule has 0 aliphatic rings. The summed E-state index contributed by atoms with van der Waals surface area (Å²) in [6, 6.07) is 7.61. The predicted octanol–water partition coefficient (Wildman–Crippen LogP) is 1.97. The molecule has 1 heterocycles. The van der Waals surface area contributed by atoms with Crippen LogP contribution in [0, 0.1) is 13.8 Å². The van der Waals surface area contributed by atoms with E-state index < -0.39 is 0 Å². The number of aromatic nitrogens is 2. The highest BCUT2D eigenvalue weighted by atomic mass is 16.5. The molecule has 100 valence electrons. The van der Waals surface area contributed by atoms with Crippen molar-refractivity contribution in [2.45, 2.75) is 20.4 Å². The van der Waals surface area contributed by atoms with Crippen molar-refractivity contribution in [3.63, 3.8) is 0 Å². The summed E-state index contributed by atoms with van der Waals surface area (Å²) < 4.78 is 5.25. The topological polar surface area (TPSA) is 67.0 Å². The molecule has 1 aromatic carbocycles. The molecule has 0 radical (unpaired) electrons. The van der Waals surface area contributed by atoms with Gasteiger partial charge in [0.15, 0.2) is 0 Å². The monoisotopic (exact) mass is 259 g/mol. The summed E-state index contributed by atoms with van der Waals surface area (Å²) >= 11 is 0. The lowest BCUT2D eigenvalue weighted by atomic mass is 10.1. The zero-order valence-corrected chi connectivity index (χ0v) is 11.3. The zero-order chi connectivity index (χ0) is 13.8. The summed E-state index contributed by atoms with van der Waals surface area (Å²) in [4.78, 5) is 12.1. The lowest BCUT2D eigenvalue weighted by molar-refractivity contribution is 0.0949. The number of benzene rings is 1. The van der Waals surface area contributed by atoms with Crippen LogP contribution < -0.4 is 10.1 Å². The summed E-state index contributed by atoms with van der Waals surface area (Å²) in [5, 5.41) is 9.70. The van der Waals surface area contributed by atoms with Crippen molar-refractivity contribution in [3.05, 3.63) is 46.8 Å². The molecule has 19 heavy (non-hydrogen) atoms. The molecule has 0 fully saturated rings. The highest BCUT2D eigenvalue weighted by Crippen LogP contribution is 2.17. The minimum absolute atomic E-state index is 0.130. The van der Waals surface area contributed by atoms with Crippen LogP contribution in [0.1, 0.15) is 27.3 Å². The maximum absolute atomic E-state index is 12.1. The number of aromatic amines is 1. The molecular weight excluding hydrogens is 242 g/mol. The summed E-state index contributed by atoms with van der Waals surface area (Å²) in [5.74, 6) is 0.637. The van der Waals surface area contributed by atoms with Crippen LogP contribution in [0.5, 0.6) is 5.75 Å². The number of carbonyl (C=O) groups excluding carboxylic acids is 1. The second-order valence-corrected chi connectivity index (χ2v) is 4.30. The highest BCUT2D eigenvalue weighted by Gasteiger charge is 2.15. The van der Waals surface area contributed by atoms with Crippen LogP contribution in [-0.2, 0) is 6.54 Å². The molecule has 0 saturated carbocycles. The number of hydrogen-bond donors (Lipinski definition) is 2. The molecule has 2 aromatic rings. The minimum Gasteiger partial charge on any atom is -0.496 e. The number of nitrogens with one attached hydrogen (secondary N) is 2. The molecule has 0 atom stereocenters. The van der Waals surface area contributed by atoms with Crippen LogP contribution in [0.3, 0.4) is 0 Å². The lowest BCUT2D eigenvalue weighted by Gasteiger charge is -2.09. The van der Waals surface area contributed by atoms with Crippen molar-refractivity contribution in [3.8, 4) is 5.75 Å². The number of H-pyrrole nitrogens is 1. The number of amides is 1. The molecule has 1 amide bonds. The van der Waals surface area contributed by atoms with E-state index in [1.807, 2.05) is 38.1 Å². The van der Waals surface area contributed by atoms with Gasteiger partial charge in [-0.05, 0) is 19.9 Å². The summed E-state index contributed by atoms with van der Waals surface area (Å²) in [7, 11) is 1.62. The number of aryl methyl sites for hydroxylation is 2. The molecule has 0 aliphatic heterocycles. The fourth-order valence-electron chi connectivity index (χ4n) is 2.00. The van der Waals surface area contributed by atoms with Crippen molar-refractivity contribution in [2.24, 2.45) is 0 Å². The molecule has 5 heteroatoms. The summed E-state index contributed by atoms with van der Waals surface area (Å²) in [6.07, 6.45) is 0. The number of rotatable bonds is 4. The fourth-order valence-corrected chi connectivity index (χ4v) is 2.00. The number of carbonyl (C=O) groups is 1. The van der Waals surface area contributed by atoms with E-state index in [2.05, 4.69) is 15.5 Å².